The van der Waals surface area contributed by atoms with Gasteiger partial charge in [-0.15, -0.1) is 10.6 Å². The molecule has 0 fully saturated rings. The van der Waals surface area contributed by atoms with E-state index in [0.717, 1.165) is 60.4 Å². The average Bonchev–Trinajstić information content (AvgIpc) is 3.43. The summed E-state index contributed by atoms with van der Waals surface area (Å²) in [5.41, 5.74) is 10.8. The number of anilines is 1. The Morgan fingerprint density at radius 2 is 1.94 bits per heavy atom. The first kappa shape index (κ1) is 20.9. The van der Waals surface area contributed by atoms with Crippen LogP contribution in [0.15, 0.2) is 58.7 Å². The number of benzene rings is 1. The Morgan fingerprint density at radius 3 is 2.65 bits per heavy atom. The Hall–Kier alpha value is -3.39. The van der Waals surface area contributed by atoms with Crippen LogP contribution in [0.25, 0.3) is 11.1 Å². The summed E-state index contributed by atoms with van der Waals surface area (Å²) in [6.45, 7) is 5.49. The second-order valence-corrected chi connectivity index (χ2v) is 7.65. The third kappa shape index (κ3) is 4.54. The van der Waals surface area contributed by atoms with Crippen molar-refractivity contribution >= 4 is 12.0 Å². The van der Waals surface area contributed by atoms with Gasteiger partial charge in [0.25, 0.3) is 0 Å². The maximum atomic E-state index is 12.9. The number of imidazole rings is 1. The van der Waals surface area contributed by atoms with E-state index in [1.807, 2.05) is 57.9 Å². The van der Waals surface area contributed by atoms with Gasteiger partial charge in [-0.05, 0) is 31.4 Å². The lowest BCUT2D eigenvalue weighted by Crippen LogP contribution is -2.36. The zero-order chi connectivity index (χ0) is 21.6. The summed E-state index contributed by atoms with van der Waals surface area (Å²) < 4.78 is 3.70. The monoisotopic (exact) mass is 419 g/mol. The lowest BCUT2D eigenvalue weighted by molar-refractivity contribution is 0.613. The molecule has 0 saturated carbocycles. The van der Waals surface area contributed by atoms with Gasteiger partial charge >= 0.3 is 5.69 Å². The van der Waals surface area contributed by atoms with Crippen LogP contribution in [-0.4, -0.2) is 20.5 Å². The number of hydrazone groups is 1. The minimum absolute atomic E-state index is 0.0506. The van der Waals surface area contributed by atoms with Crippen LogP contribution in [0, 0.1) is 0 Å². The summed E-state index contributed by atoms with van der Waals surface area (Å²) in [7, 11) is 0. The first-order valence-corrected chi connectivity index (χ1v) is 10.9. The van der Waals surface area contributed by atoms with E-state index in [4.69, 9.17) is 0 Å². The molecule has 162 valence electrons. The molecule has 1 aromatic carbocycles. The van der Waals surface area contributed by atoms with Crippen LogP contribution in [0.5, 0.6) is 0 Å². The number of nitrogens with zero attached hydrogens (tertiary/aromatic N) is 5. The van der Waals surface area contributed by atoms with Gasteiger partial charge in [-0.3, -0.25) is 19.5 Å². The molecule has 0 amide bonds. The number of hydrogen-bond acceptors (Lipinski definition) is 6. The van der Waals surface area contributed by atoms with Crippen molar-refractivity contribution < 1.29 is 0 Å². The Labute approximate surface area is 182 Å². The van der Waals surface area contributed by atoms with Gasteiger partial charge < -0.3 is 0 Å². The van der Waals surface area contributed by atoms with Crippen molar-refractivity contribution in [2.45, 2.75) is 52.6 Å². The highest BCUT2D eigenvalue weighted by atomic mass is 16.1. The zero-order valence-electron chi connectivity index (χ0n) is 18.1. The second kappa shape index (κ2) is 9.61. The van der Waals surface area contributed by atoms with Gasteiger partial charge in [-0.25, -0.2) is 4.79 Å². The molecule has 3 aromatic rings. The van der Waals surface area contributed by atoms with Gasteiger partial charge in [-0.1, -0.05) is 44.5 Å². The summed E-state index contributed by atoms with van der Waals surface area (Å²) in [4.78, 5) is 17.6. The number of nitrogens with one attached hydrogen (secondary N) is 2. The van der Waals surface area contributed by atoms with E-state index in [1.165, 1.54) is 0 Å². The standard InChI is InChI=1S/C23H29N7O/c1-3-5-8-20-16-28(13-4-2)23(31)29(20)15-19-12-11-18(14-24-19)21-9-6-7-10-22(21)30-26-17-25-27-30/h6-7,9-12,14,16-17,27H,3-5,8,13,15H2,1-2H3,(H,25,26). The Kier molecular flexibility index (Phi) is 6.47. The zero-order valence-corrected chi connectivity index (χ0v) is 18.1. The van der Waals surface area contributed by atoms with Crippen LogP contribution in [0.3, 0.4) is 0 Å². The Morgan fingerprint density at radius 1 is 1.06 bits per heavy atom. The molecular weight excluding hydrogens is 390 g/mol. The van der Waals surface area contributed by atoms with Crippen molar-refractivity contribution in [2.24, 2.45) is 5.10 Å². The number of aryl methyl sites for hydroxylation is 2. The third-order valence-electron chi connectivity index (χ3n) is 5.38. The normalized spacial score (nSPS) is 13.0. The summed E-state index contributed by atoms with van der Waals surface area (Å²) >= 11 is 0. The lowest BCUT2D eigenvalue weighted by atomic mass is 10.1. The van der Waals surface area contributed by atoms with E-state index in [0.29, 0.717) is 6.54 Å². The fraction of sp³-hybridized carbons (Fsp3) is 0.348. The molecule has 1 aliphatic rings. The first-order valence-electron chi connectivity index (χ1n) is 10.9. The molecule has 0 aliphatic carbocycles. The molecule has 8 heteroatoms. The molecule has 1 aliphatic heterocycles. The number of para-hydroxylation sites is 1. The topological polar surface area (TPSA) is 79.5 Å². The van der Waals surface area contributed by atoms with Gasteiger partial charge in [0, 0.05) is 35.8 Å². The SMILES string of the molecule is CCCCc1cn(CCC)c(=O)n1Cc1ccc(-c2ccccc2N2N=CNN2)cn1. The van der Waals surface area contributed by atoms with Gasteiger partial charge in [-0.2, -0.15) is 5.12 Å². The minimum atomic E-state index is 0.0506. The Balaban J connectivity index is 1.59. The first-order chi connectivity index (χ1) is 15.2. The van der Waals surface area contributed by atoms with Crippen LogP contribution >= 0.6 is 0 Å². The van der Waals surface area contributed by atoms with Crippen LogP contribution < -0.4 is 21.8 Å². The molecule has 4 rings (SSSR count). The van der Waals surface area contributed by atoms with Crippen molar-refractivity contribution in [3.05, 3.63) is 70.7 Å². The van der Waals surface area contributed by atoms with E-state index in [9.17, 15) is 4.79 Å². The van der Waals surface area contributed by atoms with Gasteiger partial charge in [0.05, 0.1) is 17.9 Å². The molecule has 0 radical (unpaired) electrons. The molecule has 2 aromatic heterocycles. The van der Waals surface area contributed by atoms with Crippen LogP contribution in [-0.2, 0) is 19.5 Å². The molecule has 0 bridgehead atoms. The lowest BCUT2D eigenvalue weighted by Gasteiger charge is -2.17. The van der Waals surface area contributed by atoms with Crippen LogP contribution in [0.4, 0.5) is 5.69 Å². The number of unbranched alkanes of at least 4 members (excludes halogenated alkanes) is 1. The highest BCUT2D eigenvalue weighted by Gasteiger charge is 2.15. The number of rotatable bonds is 9. The molecule has 8 nitrogen and oxygen atoms in total. The van der Waals surface area contributed by atoms with Crippen LogP contribution in [0.2, 0.25) is 0 Å². The van der Waals surface area contributed by atoms with E-state index < -0.39 is 0 Å². The van der Waals surface area contributed by atoms with Crippen LogP contribution in [0.1, 0.15) is 44.5 Å². The summed E-state index contributed by atoms with van der Waals surface area (Å²) in [6, 6.07) is 12.1. The smallest absolute Gasteiger partial charge is 0.299 e. The van der Waals surface area contributed by atoms with Gasteiger partial charge in [0.15, 0.2) is 0 Å². The highest BCUT2D eigenvalue weighted by molar-refractivity contribution is 5.79. The van der Waals surface area contributed by atoms with Crippen molar-refractivity contribution in [3.63, 3.8) is 0 Å². The van der Waals surface area contributed by atoms with E-state index >= 15 is 0 Å². The number of hydrazine groups is 2. The number of pyridine rings is 1. The maximum absolute atomic E-state index is 12.9. The van der Waals surface area contributed by atoms with Crippen molar-refractivity contribution in [2.75, 3.05) is 5.12 Å². The summed E-state index contributed by atoms with van der Waals surface area (Å²) in [5, 5.41) is 5.93. The summed E-state index contributed by atoms with van der Waals surface area (Å²) in [6.07, 6.45) is 9.49. The molecule has 0 saturated heterocycles. The maximum Gasteiger partial charge on any atom is 0.328 e. The molecule has 0 atom stereocenters. The molecule has 3 heterocycles. The fourth-order valence-electron chi connectivity index (χ4n) is 3.78. The molecule has 0 spiro atoms. The largest absolute Gasteiger partial charge is 0.328 e. The molecular formula is C23H29N7O. The third-order valence-corrected chi connectivity index (χ3v) is 5.38. The quantitative estimate of drug-likeness (QED) is 0.556. The molecule has 31 heavy (non-hydrogen) atoms. The van der Waals surface area contributed by atoms with Crippen molar-refractivity contribution in [3.8, 4) is 11.1 Å². The van der Waals surface area contributed by atoms with Gasteiger partial charge in [0.1, 0.15) is 6.34 Å². The average molecular weight is 420 g/mol. The van der Waals surface area contributed by atoms with Gasteiger partial charge in [0.2, 0.25) is 0 Å². The predicted octanol–water partition coefficient (Wildman–Crippen LogP) is 3.29. The molecule has 2 N–H and O–H groups in total. The predicted molar refractivity (Wildman–Crippen MR) is 124 cm³/mol. The van der Waals surface area contributed by atoms with E-state index in [2.05, 4.69) is 34.9 Å². The highest BCUT2D eigenvalue weighted by Crippen LogP contribution is 2.30. The van der Waals surface area contributed by atoms with Crippen molar-refractivity contribution in [1.82, 2.24) is 25.1 Å². The minimum Gasteiger partial charge on any atom is -0.299 e. The summed E-state index contributed by atoms with van der Waals surface area (Å²) in [5.74, 6) is 0. The van der Waals surface area contributed by atoms with E-state index in [1.54, 1.807) is 11.5 Å². The Bertz CT molecular complexity index is 1100. The second-order valence-electron chi connectivity index (χ2n) is 7.65. The molecule has 0 unspecified atom stereocenters. The fourth-order valence-corrected chi connectivity index (χ4v) is 3.78. The number of aromatic nitrogens is 3. The number of hydrogen-bond donors (Lipinski definition) is 2. The van der Waals surface area contributed by atoms with Crippen molar-refractivity contribution in [1.29, 1.82) is 0 Å². The van der Waals surface area contributed by atoms with E-state index in [-0.39, 0.29) is 5.69 Å².